The molecular weight excluding hydrogens is 231 g/mol. The van der Waals surface area contributed by atoms with Crippen molar-refractivity contribution in [3.63, 3.8) is 0 Å². The van der Waals surface area contributed by atoms with Gasteiger partial charge in [0.1, 0.15) is 5.82 Å². The maximum Gasteiger partial charge on any atom is 0.123 e. The fraction of sp³-hybridized carbons (Fsp3) is 0.600. The molecule has 0 spiro atoms. The van der Waals surface area contributed by atoms with E-state index < -0.39 is 5.60 Å². The van der Waals surface area contributed by atoms with Crippen molar-refractivity contribution in [1.29, 1.82) is 0 Å². The van der Waals surface area contributed by atoms with Crippen LogP contribution in [0, 0.1) is 12.7 Å². The number of aliphatic hydroxyl groups is 1. The second-order valence-corrected chi connectivity index (χ2v) is 5.32. The Kier molecular flexibility index (Phi) is 4.03. The zero-order chi connectivity index (χ0) is 13.2. The van der Waals surface area contributed by atoms with Crippen molar-refractivity contribution in [3.8, 4) is 0 Å². The monoisotopic (exact) mass is 252 g/mol. The smallest absolute Gasteiger partial charge is 0.123 e. The van der Waals surface area contributed by atoms with Gasteiger partial charge in [-0.25, -0.2) is 4.39 Å². The van der Waals surface area contributed by atoms with E-state index in [4.69, 9.17) is 4.74 Å². The Balaban J connectivity index is 2.20. The molecule has 0 bridgehead atoms. The highest BCUT2D eigenvalue weighted by Gasteiger charge is 2.39. The molecule has 1 aromatic carbocycles. The highest BCUT2D eigenvalue weighted by molar-refractivity contribution is 5.28. The third kappa shape index (κ3) is 2.73. The lowest BCUT2D eigenvalue weighted by Gasteiger charge is -2.39. The number of ether oxygens (including phenoxy) is 1. The largest absolute Gasteiger partial charge is 0.387 e. The van der Waals surface area contributed by atoms with Gasteiger partial charge in [0, 0.05) is 13.5 Å². The summed E-state index contributed by atoms with van der Waals surface area (Å²) in [6.07, 6.45) is 4.20. The molecule has 2 rings (SSSR count). The minimum absolute atomic E-state index is 0.115. The summed E-state index contributed by atoms with van der Waals surface area (Å²) < 4.78 is 18.5. The average molecular weight is 252 g/mol. The van der Waals surface area contributed by atoms with Gasteiger partial charge in [0.2, 0.25) is 0 Å². The minimum atomic E-state index is -0.810. The molecule has 2 atom stereocenters. The van der Waals surface area contributed by atoms with E-state index in [0.717, 1.165) is 36.8 Å². The number of aryl methyl sites for hydroxylation is 1. The van der Waals surface area contributed by atoms with Crippen molar-refractivity contribution < 1.29 is 14.2 Å². The SMILES string of the molecule is COC1CCCCC1(O)Cc1ccc(F)cc1C. The third-order valence-electron chi connectivity index (χ3n) is 4.01. The fourth-order valence-electron chi connectivity index (χ4n) is 2.92. The molecule has 1 N–H and O–H groups in total. The third-order valence-corrected chi connectivity index (χ3v) is 4.01. The van der Waals surface area contributed by atoms with E-state index in [0.29, 0.717) is 6.42 Å². The Labute approximate surface area is 108 Å². The Hall–Kier alpha value is -0.930. The molecule has 0 saturated heterocycles. The molecule has 2 nitrogen and oxygen atoms in total. The maximum absolute atomic E-state index is 13.1. The van der Waals surface area contributed by atoms with Gasteiger partial charge in [-0.1, -0.05) is 18.9 Å². The number of rotatable bonds is 3. The molecular formula is C15H21FO2. The molecule has 100 valence electrons. The van der Waals surface area contributed by atoms with E-state index >= 15 is 0 Å². The summed E-state index contributed by atoms with van der Waals surface area (Å²) in [4.78, 5) is 0. The second kappa shape index (κ2) is 5.37. The van der Waals surface area contributed by atoms with Crippen LogP contribution in [-0.2, 0) is 11.2 Å². The average Bonchev–Trinajstić information content (AvgIpc) is 2.33. The first kappa shape index (κ1) is 13.5. The first-order valence-electron chi connectivity index (χ1n) is 6.55. The highest BCUT2D eigenvalue weighted by atomic mass is 19.1. The van der Waals surface area contributed by atoms with Gasteiger partial charge in [-0.15, -0.1) is 0 Å². The van der Waals surface area contributed by atoms with Gasteiger partial charge in [0.05, 0.1) is 11.7 Å². The summed E-state index contributed by atoms with van der Waals surface area (Å²) in [6, 6.07) is 4.74. The molecule has 0 aromatic heterocycles. The molecule has 1 aromatic rings. The molecule has 1 aliphatic carbocycles. The van der Waals surface area contributed by atoms with Crippen LogP contribution in [0.5, 0.6) is 0 Å². The van der Waals surface area contributed by atoms with E-state index in [9.17, 15) is 9.50 Å². The van der Waals surface area contributed by atoms with Gasteiger partial charge in [-0.05, 0) is 43.0 Å². The summed E-state index contributed by atoms with van der Waals surface area (Å²) >= 11 is 0. The zero-order valence-electron chi connectivity index (χ0n) is 11.1. The summed E-state index contributed by atoms with van der Waals surface area (Å²) in [7, 11) is 1.65. The molecule has 0 radical (unpaired) electrons. The molecule has 0 aliphatic heterocycles. The van der Waals surface area contributed by atoms with E-state index in [1.54, 1.807) is 13.2 Å². The van der Waals surface area contributed by atoms with Crippen LogP contribution in [0.2, 0.25) is 0 Å². The quantitative estimate of drug-likeness (QED) is 0.896. The van der Waals surface area contributed by atoms with Crippen LogP contribution in [0.3, 0.4) is 0 Å². The lowest BCUT2D eigenvalue weighted by Crippen LogP contribution is -2.47. The number of halogens is 1. The molecule has 0 amide bonds. The van der Waals surface area contributed by atoms with Gasteiger partial charge in [0.15, 0.2) is 0 Å². The van der Waals surface area contributed by atoms with E-state index in [2.05, 4.69) is 0 Å². The van der Waals surface area contributed by atoms with Crippen LogP contribution in [0.1, 0.15) is 36.8 Å². The van der Waals surface area contributed by atoms with Crippen LogP contribution in [0.15, 0.2) is 18.2 Å². The Morgan fingerprint density at radius 2 is 2.22 bits per heavy atom. The fourth-order valence-corrected chi connectivity index (χ4v) is 2.92. The highest BCUT2D eigenvalue weighted by Crippen LogP contribution is 2.34. The summed E-state index contributed by atoms with van der Waals surface area (Å²) in [5.41, 5.74) is 1.09. The van der Waals surface area contributed by atoms with Gasteiger partial charge in [-0.2, -0.15) is 0 Å². The maximum atomic E-state index is 13.1. The summed E-state index contributed by atoms with van der Waals surface area (Å²) in [5, 5.41) is 10.8. The number of hydrogen-bond acceptors (Lipinski definition) is 2. The first-order chi connectivity index (χ1) is 8.55. The van der Waals surface area contributed by atoms with Crippen molar-refractivity contribution in [2.45, 2.75) is 50.7 Å². The molecule has 2 unspecified atom stereocenters. The normalized spacial score (nSPS) is 28.3. The van der Waals surface area contributed by atoms with Crippen molar-refractivity contribution >= 4 is 0 Å². The van der Waals surface area contributed by atoms with Crippen LogP contribution >= 0.6 is 0 Å². The van der Waals surface area contributed by atoms with Crippen LogP contribution in [-0.4, -0.2) is 23.9 Å². The molecule has 1 saturated carbocycles. The number of benzene rings is 1. The first-order valence-corrected chi connectivity index (χ1v) is 6.55. The summed E-state index contributed by atoms with van der Waals surface area (Å²) in [5.74, 6) is -0.227. The molecule has 18 heavy (non-hydrogen) atoms. The molecule has 1 fully saturated rings. The van der Waals surface area contributed by atoms with Crippen molar-refractivity contribution in [1.82, 2.24) is 0 Å². The van der Waals surface area contributed by atoms with E-state index in [-0.39, 0.29) is 11.9 Å². The van der Waals surface area contributed by atoms with Gasteiger partial charge in [0.25, 0.3) is 0 Å². The standard InChI is InChI=1S/C15H21FO2/c1-11-9-13(16)7-6-12(11)10-15(17)8-4-3-5-14(15)18-2/h6-7,9,14,17H,3-5,8,10H2,1-2H3. The lowest BCUT2D eigenvalue weighted by atomic mass is 9.77. The predicted molar refractivity (Wildman–Crippen MR) is 69.1 cm³/mol. The van der Waals surface area contributed by atoms with E-state index in [1.807, 2.05) is 6.92 Å². The van der Waals surface area contributed by atoms with Crippen molar-refractivity contribution in [3.05, 3.63) is 35.1 Å². The Morgan fingerprint density at radius 3 is 2.89 bits per heavy atom. The van der Waals surface area contributed by atoms with Crippen LogP contribution in [0.25, 0.3) is 0 Å². The molecule has 3 heteroatoms. The van der Waals surface area contributed by atoms with Crippen LogP contribution < -0.4 is 0 Å². The summed E-state index contributed by atoms with van der Waals surface area (Å²) in [6.45, 7) is 1.88. The number of methoxy groups -OCH3 is 1. The van der Waals surface area contributed by atoms with Gasteiger partial charge in [-0.3, -0.25) is 0 Å². The van der Waals surface area contributed by atoms with Gasteiger partial charge < -0.3 is 9.84 Å². The lowest BCUT2D eigenvalue weighted by molar-refractivity contribution is -0.116. The van der Waals surface area contributed by atoms with Crippen molar-refractivity contribution in [2.75, 3.05) is 7.11 Å². The predicted octanol–water partition coefficient (Wildman–Crippen LogP) is 3.00. The van der Waals surface area contributed by atoms with E-state index in [1.165, 1.54) is 12.1 Å². The Morgan fingerprint density at radius 1 is 1.44 bits per heavy atom. The topological polar surface area (TPSA) is 29.5 Å². The number of hydrogen-bond donors (Lipinski definition) is 1. The Bertz CT molecular complexity index is 419. The molecule has 0 heterocycles. The van der Waals surface area contributed by atoms with Gasteiger partial charge >= 0.3 is 0 Å². The van der Waals surface area contributed by atoms with Crippen LogP contribution in [0.4, 0.5) is 4.39 Å². The van der Waals surface area contributed by atoms with Crippen molar-refractivity contribution in [2.24, 2.45) is 0 Å². The zero-order valence-corrected chi connectivity index (χ0v) is 11.1. The minimum Gasteiger partial charge on any atom is -0.387 e. The molecule has 1 aliphatic rings. The second-order valence-electron chi connectivity index (χ2n) is 5.32.